The van der Waals surface area contributed by atoms with Crippen LogP contribution in [-0.4, -0.2) is 11.6 Å². The quantitative estimate of drug-likeness (QED) is 0.426. The lowest BCUT2D eigenvalue weighted by molar-refractivity contribution is 0.0608. The highest BCUT2D eigenvalue weighted by molar-refractivity contribution is 7.09. The van der Waals surface area contributed by atoms with Crippen LogP contribution < -0.4 is 0 Å². The van der Waals surface area contributed by atoms with Crippen molar-refractivity contribution in [1.82, 2.24) is 4.98 Å². The summed E-state index contributed by atoms with van der Waals surface area (Å²) in [4.78, 5) is 6.88. The van der Waals surface area contributed by atoms with Crippen molar-refractivity contribution in [2.75, 3.05) is 6.61 Å². The molecule has 0 aromatic carbocycles. The first-order chi connectivity index (χ1) is 6.90. The summed E-state index contributed by atoms with van der Waals surface area (Å²) in [6, 6.07) is 0. The van der Waals surface area contributed by atoms with E-state index in [1.54, 1.807) is 17.5 Å². The number of nitrogens with zero attached hydrogens (tertiary/aromatic N) is 4. The van der Waals surface area contributed by atoms with E-state index in [1.165, 1.54) is 0 Å². The summed E-state index contributed by atoms with van der Waals surface area (Å²) in [6.07, 6.45) is 4.40. The Morgan fingerprint density at radius 2 is 2.64 bits per heavy atom. The second-order valence-corrected chi connectivity index (χ2v) is 3.72. The Morgan fingerprint density at radius 3 is 3.21 bits per heavy atom. The molecule has 0 amide bonds. The molecular formula is C8H8N4OS. The van der Waals surface area contributed by atoms with Crippen LogP contribution in [0.1, 0.15) is 17.5 Å². The molecule has 14 heavy (non-hydrogen) atoms. The number of rotatable bonds is 2. The summed E-state index contributed by atoms with van der Waals surface area (Å²) in [7, 11) is 0. The topological polar surface area (TPSA) is 70.9 Å². The standard InChI is InChI=1S/C8H8N4OS/c9-12-11-6-1-2-7(13-5-6)8-10-3-4-14-8/h1,3-4,7H,2,5H2. The van der Waals surface area contributed by atoms with Crippen LogP contribution in [0, 0.1) is 0 Å². The highest BCUT2D eigenvalue weighted by Crippen LogP contribution is 2.28. The highest BCUT2D eigenvalue weighted by Gasteiger charge is 2.17. The highest BCUT2D eigenvalue weighted by atomic mass is 32.1. The maximum atomic E-state index is 8.22. The lowest BCUT2D eigenvalue weighted by Gasteiger charge is -2.18. The molecule has 6 heteroatoms. The van der Waals surface area contributed by atoms with Crippen LogP contribution in [0.4, 0.5) is 0 Å². The third-order valence-electron chi connectivity index (χ3n) is 1.90. The smallest absolute Gasteiger partial charge is 0.122 e. The van der Waals surface area contributed by atoms with Crippen molar-refractivity contribution >= 4 is 11.3 Å². The van der Waals surface area contributed by atoms with Crippen LogP contribution in [0.15, 0.2) is 28.5 Å². The van der Waals surface area contributed by atoms with Crippen LogP contribution in [0.5, 0.6) is 0 Å². The SMILES string of the molecule is [N-]=[N+]=NC1=CCC(c2nccs2)OC1. The number of aromatic nitrogens is 1. The first kappa shape index (κ1) is 9.21. The molecule has 0 spiro atoms. The van der Waals surface area contributed by atoms with Crippen molar-refractivity contribution in [2.45, 2.75) is 12.5 Å². The largest absolute Gasteiger partial charge is 0.366 e. The van der Waals surface area contributed by atoms with Gasteiger partial charge in [0.05, 0.1) is 6.61 Å². The van der Waals surface area contributed by atoms with E-state index >= 15 is 0 Å². The number of hydrogen-bond donors (Lipinski definition) is 0. The molecule has 1 aromatic rings. The maximum Gasteiger partial charge on any atom is 0.122 e. The Bertz CT molecular complexity index is 380. The van der Waals surface area contributed by atoms with Gasteiger partial charge in [-0.25, -0.2) is 4.98 Å². The molecule has 0 saturated carbocycles. The zero-order chi connectivity index (χ0) is 9.80. The Hall–Kier alpha value is -1.36. The monoisotopic (exact) mass is 208 g/mol. The van der Waals surface area contributed by atoms with E-state index in [1.807, 2.05) is 11.5 Å². The van der Waals surface area contributed by atoms with E-state index in [9.17, 15) is 0 Å². The van der Waals surface area contributed by atoms with Gasteiger partial charge in [-0.05, 0) is 12.0 Å². The molecule has 0 saturated heterocycles. The lowest BCUT2D eigenvalue weighted by Crippen LogP contribution is -2.10. The molecule has 1 unspecified atom stereocenters. The van der Waals surface area contributed by atoms with Crippen molar-refractivity contribution < 1.29 is 4.74 Å². The molecule has 2 heterocycles. The van der Waals surface area contributed by atoms with Gasteiger partial charge in [-0.2, -0.15) is 0 Å². The molecule has 2 rings (SSSR count). The maximum absolute atomic E-state index is 8.22. The molecule has 0 N–H and O–H groups in total. The second kappa shape index (κ2) is 4.23. The fourth-order valence-electron chi connectivity index (χ4n) is 1.25. The Balaban J connectivity index is 2.06. The van der Waals surface area contributed by atoms with E-state index < -0.39 is 0 Å². The Kier molecular flexibility index (Phi) is 2.78. The van der Waals surface area contributed by atoms with Gasteiger partial charge in [0.15, 0.2) is 0 Å². The van der Waals surface area contributed by atoms with E-state index in [4.69, 9.17) is 10.3 Å². The van der Waals surface area contributed by atoms with Crippen LogP contribution in [0.3, 0.4) is 0 Å². The third-order valence-corrected chi connectivity index (χ3v) is 2.77. The van der Waals surface area contributed by atoms with E-state index in [0.717, 1.165) is 11.4 Å². The fourth-order valence-corrected chi connectivity index (χ4v) is 1.95. The molecule has 1 aromatic heterocycles. The number of ether oxygens (including phenoxy) is 1. The molecule has 0 fully saturated rings. The van der Waals surface area contributed by atoms with E-state index in [-0.39, 0.29) is 6.10 Å². The Labute approximate surface area is 84.7 Å². The average molecular weight is 208 g/mol. The van der Waals surface area contributed by atoms with Gasteiger partial charge in [-0.1, -0.05) is 11.2 Å². The van der Waals surface area contributed by atoms with Crippen molar-refractivity contribution in [3.05, 3.63) is 38.8 Å². The summed E-state index contributed by atoms with van der Waals surface area (Å²) in [6.45, 7) is 0.369. The average Bonchev–Trinajstić information content (AvgIpc) is 2.72. The summed E-state index contributed by atoms with van der Waals surface area (Å²) in [5.41, 5.74) is 8.87. The van der Waals surface area contributed by atoms with Gasteiger partial charge in [-0.3, -0.25) is 0 Å². The summed E-state index contributed by atoms with van der Waals surface area (Å²) < 4.78 is 5.50. The van der Waals surface area contributed by atoms with Crippen molar-refractivity contribution in [3.63, 3.8) is 0 Å². The lowest BCUT2D eigenvalue weighted by atomic mass is 10.2. The predicted molar refractivity (Wildman–Crippen MR) is 52.7 cm³/mol. The zero-order valence-corrected chi connectivity index (χ0v) is 8.15. The van der Waals surface area contributed by atoms with Gasteiger partial charge in [0.25, 0.3) is 0 Å². The molecule has 0 bridgehead atoms. The molecule has 5 nitrogen and oxygen atoms in total. The molecular weight excluding hydrogens is 200 g/mol. The van der Waals surface area contributed by atoms with Crippen molar-refractivity contribution in [3.8, 4) is 0 Å². The minimum Gasteiger partial charge on any atom is -0.366 e. The fraction of sp³-hybridized carbons (Fsp3) is 0.375. The van der Waals surface area contributed by atoms with Gasteiger partial charge in [-0.15, -0.1) is 11.3 Å². The van der Waals surface area contributed by atoms with Crippen molar-refractivity contribution in [2.24, 2.45) is 5.11 Å². The molecule has 1 atom stereocenters. The Morgan fingerprint density at radius 1 is 1.71 bits per heavy atom. The van der Waals surface area contributed by atoms with E-state index in [2.05, 4.69) is 15.0 Å². The first-order valence-corrected chi connectivity index (χ1v) is 5.03. The molecule has 1 aliphatic rings. The minimum absolute atomic E-state index is 0.0210. The van der Waals surface area contributed by atoms with Crippen LogP contribution in [0.2, 0.25) is 0 Å². The molecule has 0 radical (unpaired) electrons. The van der Waals surface area contributed by atoms with Gasteiger partial charge in [0.1, 0.15) is 11.1 Å². The van der Waals surface area contributed by atoms with Gasteiger partial charge < -0.3 is 4.74 Å². The molecule has 0 aliphatic carbocycles. The predicted octanol–water partition coefficient (Wildman–Crippen LogP) is 2.80. The zero-order valence-electron chi connectivity index (χ0n) is 7.33. The first-order valence-electron chi connectivity index (χ1n) is 4.15. The number of hydrogen-bond acceptors (Lipinski definition) is 4. The molecule has 1 aliphatic heterocycles. The normalized spacial score (nSPS) is 21.1. The van der Waals surface area contributed by atoms with Gasteiger partial charge in [0.2, 0.25) is 0 Å². The van der Waals surface area contributed by atoms with Crippen LogP contribution >= 0.6 is 11.3 Å². The summed E-state index contributed by atoms with van der Waals surface area (Å²) in [5, 5.41) is 6.39. The van der Waals surface area contributed by atoms with Crippen molar-refractivity contribution in [1.29, 1.82) is 0 Å². The van der Waals surface area contributed by atoms with Gasteiger partial charge in [0, 0.05) is 22.2 Å². The third kappa shape index (κ3) is 1.93. The van der Waals surface area contributed by atoms with Crippen LogP contribution in [-0.2, 0) is 4.74 Å². The second-order valence-electron chi connectivity index (χ2n) is 2.79. The summed E-state index contributed by atoms with van der Waals surface area (Å²) >= 11 is 1.58. The molecule has 72 valence electrons. The number of azide groups is 1. The van der Waals surface area contributed by atoms with E-state index in [0.29, 0.717) is 12.3 Å². The minimum atomic E-state index is 0.0210. The summed E-state index contributed by atoms with van der Waals surface area (Å²) in [5.74, 6) is 0. The number of thiazole rings is 1. The van der Waals surface area contributed by atoms with Crippen LogP contribution in [0.25, 0.3) is 10.4 Å². The van der Waals surface area contributed by atoms with Gasteiger partial charge >= 0.3 is 0 Å².